The highest BCUT2D eigenvalue weighted by atomic mass is 32.2. The van der Waals surface area contributed by atoms with Crippen molar-refractivity contribution in [3.05, 3.63) is 59.7 Å². The van der Waals surface area contributed by atoms with Gasteiger partial charge in [0.25, 0.3) is 5.91 Å². The van der Waals surface area contributed by atoms with Crippen LogP contribution in [0, 0.1) is 6.92 Å². The monoisotopic (exact) mass is 273 g/mol. The van der Waals surface area contributed by atoms with Crippen molar-refractivity contribution in [2.45, 2.75) is 11.8 Å². The summed E-state index contributed by atoms with van der Waals surface area (Å²) in [6, 6.07) is 14.4. The van der Waals surface area contributed by atoms with Gasteiger partial charge in [0, 0.05) is 33.2 Å². The van der Waals surface area contributed by atoms with Crippen molar-refractivity contribution >= 4 is 22.4 Å². The number of hydrogen-bond acceptors (Lipinski definition) is 2. The molecule has 2 aromatic rings. The van der Waals surface area contributed by atoms with Crippen molar-refractivity contribution in [2.24, 2.45) is 0 Å². The summed E-state index contributed by atoms with van der Waals surface area (Å²) in [5, 5.41) is 2.83. The summed E-state index contributed by atoms with van der Waals surface area (Å²) in [4.78, 5) is 12.7. The molecular formula is C15H15NO2S. The van der Waals surface area contributed by atoms with Gasteiger partial charge in [-0.05, 0) is 48.9 Å². The van der Waals surface area contributed by atoms with Gasteiger partial charge < -0.3 is 5.32 Å². The first-order chi connectivity index (χ1) is 9.06. The molecule has 1 atom stereocenters. The predicted octanol–water partition coefficient (Wildman–Crippen LogP) is 2.98. The van der Waals surface area contributed by atoms with Crippen molar-refractivity contribution in [3.63, 3.8) is 0 Å². The Labute approximate surface area is 115 Å². The smallest absolute Gasteiger partial charge is 0.255 e. The van der Waals surface area contributed by atoms with Crippen LogP contribution in [0.25, 0.3) is 0 Å². The average Bonchev–Trinajstić information content (AvgIpc) is 2.39. The molecule has 1 amide bonds. The molecular weight excluding hydrogens is 258 g/mol. The van der Waals surface area contributed by atoms with Crippen molar-refractivity contribution in [1.82, 2.24) is 0 Å². The normalized spacial score (nSPS) is 11.9. The third-order valence-corrected chi connectivity index (χ3v) is 3.66. The van der Waals surface area contributed by atoms with Crippen molar-refractivity contribution in [1.29, 1.82) is 0 Å². The minimum Gasteiger partial charge on any atom is -0.322 e. The number of hydrogen-bond donors (Lipinski definition) is 1. The van der Waals surface area contributed by atoms with Gasteiger partial charge in [0.05, 0.1) is 0 Å². The van der Waals surface area contributed by atoms with Crippen LogP contribution in [-0.2, 0) is 10.8 Å². The number of nitrogens with one attached hydrogen (secondary N) is 1. The lowest BCUT2D eigenvalue weighted by Gasteiger charge is -2.06. The Morgan fingerprint density at radius 3 is 2.37 bits per heavy atom. The molecule has 0 aliphatic heterocycles. The maximum atomic E-state index is 12.0. The third kappa shape index (κ3) is 3.51. The van der Waals surface area contributed by atoms with Gasteiger partial charge >= 0.3 is 0 Å². The quantitative estimate of drug-likeness (QED) is 0.934. The average molecular weight is 273 g/mol. The van der Waals surface area contributed by atoms with Gasteiger partial charge in [0.15, 0.2) is 0 Å². The van der Waals surface area contributed by atoms with Gasteiger partial charge in [0.2, 0.25) is 0 Å². The number of carbonyl (C=O) groups excluding carboxylic acids is 1. The van der Waals surface area contributed by atoms with Crippen molar-refractivity contribution in [2.75, 3.05) is 11.6 Å². The van der Waals surface area contributed by atoms with E-state index in [9.17, 15) is 9.00 Å². The summed E-state index contributed by atoms with van der Waals surface area (Å²) < 4.78 is 11.3. The largest absolute Gasteiger partial charge is 0.322 e. The Morgan fingerprint density at radius 1 is 1.11 bits per heavy atom. The van der Waals surface area contributed by atoms with Gasteiger partial charge in [-0.15, -0.1) is 0 Å². The molecule has 0 aliphatic rings. The van der Waals surface area contributed by atoms with E-state index < -0.39 is 10.8 Å². The summed E-state index contributed by atoms with van der Waals surface area (Å²) in [7, 11) is -1.02. The summed E-state index contributed by atoms with van der Waals surface area (Å²) in [6.45, 7) is 1.97. The molecule has 0 saturated carbocycles. The Bertz CT molecular complexity index is 620. The van der Waals surface area contributed by atoms with Crippen LogP contribution in [0.4, 0.5) is 5.69 Å². The fourth-order valence-electron chi connectivity index (χ4n) is 1.72. The molecule has 0 radical (unpaired) electrons. The van der Waals surface area contributed by atoms with Gasteiger partial charge in [-0.2, -0.15) is 0 Å². The van der Waals surface area contributed by atoms with E-state index in [-0.39, 0.29) is 5.91 Å². The van der Waals surface area contributed by atoms with E-state index in [4.69, 9.17) is 0 Å². The minimum atomic E-state index is -1.02. The van der Waals surface area contributed by atoms with E-state index in [1.807, 2.05) is 31.2 Å². The first kappa shape index (κ1) is 13.5. The summed E-state index contributed by atoms with van der Waals surface area (Å²) in [6.07, 6.45) is 1.61. The molecule has 3 nitrogen and oxygen atoms in total. The molecule has 0 aromatic heterocycles. The van der Waals surface area contributed by atoms with Crippen LogP contribution < -0.4 is 5.32 Å². The van der Waals surface area contributed by atoms with Crippen LogP contribution in [0.5, 0.6) is 0 Å². The van der Waals surface area contributed by atoms with E-state index in [1.165, 1.54) is 0 Å². The second-order valence-corrected chi connectivity index (χ2v) is 5.68. The van der Waals surface area contributed by atoms with E-state index >= 15 is 0 Å². The van der Waals surface area contributed by atoms with Crippen LogP contribution in [0.1, 0.15) is 15.9 Å². The summed E-state index contributed by atoms with van der Waals surface area (Å²) in [5.74, 6) is -0.168. The van der Waals surface area contributed by atoms with E-state index in [0.29, 0.717) is 10.5 Å². The molecule has 0 bridgehead atoms. The molecule has 0 fully saturated rings. The second-order valence-electron chi connectivity index (χ2n) is 4.30. The Hall–Kier alpha value is -1.94. The molecule has 0 spiro atoms. The molecule has 4 heteroatoms. The summed E-state index contributed by atoms with van der Waals surface area (Å²) >= 11 is 0. The zero-order chi connectivity index (χ0) is 13.8. The van der Waals surface area contributed by atoms with Crippen LogP contribution in [0.3, 0.4) is 0 Å². The van der Waals surface area contributed by atoms with Gasteiger partial charge in [-0.3, -0.25) is 9.00 Å². The second kappa shape index (κ2) is 5.80. The topological polar surface area (TPSA) is 46.2 Å². The zero-order valence-electron chi connectivity index (χ0n) is 10.8. The number of rotatable bonds is 3. The molecule has 19 heavy (non-hydrogen) atoms. The molecule has 0 saturated heterocycles. The lowest BCUT2D eigenvalue weighted by molar-refractivity contribution is 0.102. The first-order valence-electron chi connectivity index (χ1n) is 5.88. The standard InChI is InChI=1S/C15H15NO2S/c1-11-4-3-5-13(10-11)16-15(17)12-6-8-14(9-7-12)19(2)18/h3-10H,1-2H3,(H,16,17). The molecule has 0 aliphatic carbocycles. The molecule has 0 heterocycles. The lowest BCUT2D eigenvalue weighted by Crippen LogP contribution is -2.11. The maximum absolute atomic E-state index is 12.0. The van der Waals surface area contributed by atoms with E-state index in [1.54, 1.807) is 30.5 Å². The van der Waals surface area contributed by atoms with Crippen LogP contribution in [-0.4, -0.2) is 16.4 Å². The maximum Gasteiger partial charge on any atom is 0.255 e. The summed E-state index contributed by atoms with van der Waals surface area (Å²) in [5.41, 5.74) is 2.42. The minimum absolute atomic E-state index is 0.168. The van der Waals surface area contributed by atoms with E-state index in [2.05, 4.69) is 5.32 Å². The highest BCUT2D eigenvalue weighted by Crippen LogP contribution is 2.13. The predicted molar refractivity (Wildman–Crippen MR) is 77.9 cm³/mol. The zero-order valence-corrected chi connectivity index (χ0v) is 11.7. The van der Waals surface area contributed by atoms with Crippen LogP contribution in [0.2, 0.25) is 0 Å². The van der Waals surface area contributed by atoms with Gasteiger partial charge in [0.1, 0.15) is 0 Å². The lowest BCUT2D eigenvalue weighted by atomic mass is 10.2. The molecule has 1 N–H and O–H groups in total. The third-order valence-electron chi connectivity index (χ3n) is 2.72. The molecule has 1 unspecified atom stereocenters. The fourth-order valence-corrected chi connectivity index (χ4v) is 2.24. The number of aryl methyl sites for hydroxylation is 1. The highest BCUT2D eigenvalue weighted by Gasteiger charge is 2.06. The SMILES string of the molecule is Cc1cccc(NC(=O)c2ccc(S(C)=O)cc2)c1. The van der Waals surface area contributed by atoms with E-state index in [0.717, 1.165) is 11.3 Å². The Balaban J connectivity index is 2.14. The van der Waals surface area contributed by atoms with Gasteiger partial charge in [-0.1, -0.05) is 12.1 Å². The van der Waals surface area contributed by atoms with Crippen molar-refractivity contribution in [3.8, 4) is 0 Å². The van der Waals surface area contributed by atoms with Crippen LogP contribution >= 0.6 is 0 Å². The number of anilines is 1. The number of carbonyl (C=O) groups is 1. The van der Waals surface area contributed by atoms with Gasteiger partial charge in [-0.25, -0.2) is 0 Å². The fraction of sp³-hybridized carbons (Fsp3) is 0.133. The first-order valence-corrected chi connectivity index (χ1v) is 7.43. The Morgan fingerprint density at radius 2 is 1.79 bits per heavy atom. The molecule has 2 aromatic carbocycles. The molecule has 98 valence electrons. The highest BCUT2D eigenvalue weighted by molar-refractivity contribution is 7.84. The molecule has 2 rings (SSSR count). The van der Waals surface area contributed by atoms with Crippen molar-refractivity contribution < 1.29 is 9.00 Å². The Kier molecular flexibility index (Phi) is 4.12. The number of benzene rings is 2. The van der Waals surface area contributed by atoms with Crippen LogP contribution in [0.15, 0.2) is 53.4 Å². The number of amides is 1.